The fourth-order valence-electron chi connectivity index (χ4n) is 2.18. The van der Waals surface area contributed by atoms with Gasteiger partial charge >= 0.3 is 0 Å². The van der Waals surface area contributed by atoms with E-state index in [-0.39, 0.29) is 6.10 Å². The number of nitrogen functional groups attached to an aromatic ring is 1. The Morgan fingerprint density at radius 3 is 2.71 bits per heavy atom. The first-order valence-corrected chi connectivity index (χ1v) is 6.25. The van der Waals surface area contributed by atoms with E-state index in [1.807, 2.05) is 6.92 Å². The Labute approximate surface area is 101 Å². The number of nitrogens with zero attached hydrogens (tertiary/aromatic N) is 2. The van der Waals surface area contributed by atoms with Gasteiger partial charge in [-0.2, -0.15) is 0 Å². The Morgan fingerprint density at radius 2 is 2.06 bits per heavy atom. The Bertz CT molecular complexity index is 375. The number of nitrogens with two attached hydrogens (primary N) is 1. The third-order valence-corrected chi connectivity index (χ3v) is 3.16. The van der Waals surface area contributed by atoms with Crippen molar-refractivity contribution in [2.75, 3.05) is 11.1 Å². The van der Waals surface area contributed by atoms with Crippen LogP contribution in [-0.4, -0.2) is 27.2 Å². The molecule has 5 heteroatoms. The molecule has 1 aliphatic carbocycles. The number of aliphatic hydroxyl groups excluding tert-OH is 1. The van der Waals surface area contributed by atoms with Gasteiger partial charge in [-0.15, -0.1) is 0 Å². The van der Waals surface area contributed by atoms with E-state index in [2.05, 4.69) is 15.3 Å². The number of hydrogen-bond acceptors (Lipinski definition) is 5. The van der Waals surface area contributed by atoms with E-state index >= 15 is 0 Å². The fourth-order valence-corrected chi connectivity index (χ4v) is 2.18. The normalized spacial score (nSPS) is 24.6. The summed E-state index contributed by atoms with van der Waals surface area (Å²) in [6.45, 7) is 2.01. The van der Waals surface area contributed by atoms with E-state index in [1.54, 1.807) is 6.07 Å². The minimum atomic E-state index is -0.130. The van der Waals surface area contributed by atoms with Gasteiger partial charge in [0.2, 0.25) is 0 Å². The van der Waals surface area contributed by atoms with E-state index in [1.165, 1.54) is 0 Å². The largest absolute Gasteiger partial charge is 0.393 e. The lowest BCUT2D eigenvalue weighted by Crippen LogP contribution is -2.28. The first-order chi connectivity index (χ1) is 8.17. The SMILES string of the molecule is CCc1nc(N)cc(NC2CCC(O)CC2)n1. The molecular formula is C12H20N4O. The van der Waals surface area contributed by atoms with Gasteiger partial charge in [0.25, 0.3) is 0 Å². The maximum absolute atomic E-state index is 9.45. The van der Waals surface area contributed by atoms with Crippen LogP contribution in [0.4, 0.5) is 11.6 Å². The fraction of sp³-hybridized carbons (Fsp3) is 0.667. The van der Waals surface area contributed by atoms with Crippen molar-refractivity contribution in [2.24, 2.45) is 0 Å². The number of anilines is 2. The molecule has 1 heterocycles. The third kappa shape index (κ3) is 3.30. The lowest BCUT2D eigenvalue weighted by molar-refractivity contribution is 0.126. The molecular weight excluding hydrogens is 216 g/mol. The van der Waals surface area contributed by atoms with Gasteiger partial charge in [-0.25, -0.2) is 9.97 Å². The molecule has 0 atom stereocenters. The number of hydrogen-bond donors (Lipinski definition) is 3. The van der Waals surface area contributed by atoms with Crippen LogP contribution in [0.3, 0.4) is 0 Å². The molecule has 0 spiro atoms. The van der Waals surface area contributed by atoms with Gasteiger partial charge in [0.05, 0.1) is 6.10 Å². The second-order valence-electron chi connectivity index (χ2n) is 4.60. The molecule has 0 saturated heterocycles. The maximum Gasteiger partial charge on any atom is 0.132 e. The van der Waals surface area contributed by atoms with Gasteiger partial charge in [0.15, 0.2) is 0 Å². The Morgan fingerprint density at radius 1 is 1.35 bits per heavy atom. The summed E-state index contributed by atoms with van der Waals surface area (Å²) in [5.74, 6) is 2.08. The molecule has 1 aromatic heterocycles. The number of aliphatic hydroxyl groups is 1. The Kier molecular flexibility index (Phi) is 3.78. The molecule has 1 fully saturated rings. The van der Waals surface area contributed by atoms with Gasteiger partial charge < -0.3 is 16.2 Å². The van der Waals surface area contributed by atoms with Crippen LogP contribution in [0, 0.1) is 0 Å². The minimum Gasteiger partial charge on any atom is -0.393 e. The summed E-state index contributed by atoms with van der Waals surface area (Å²) in [5.41, 5.74) is 5.73. The molecule has 0 aromatic carbocycles. The van der Waals surface area contributed by atoms with Crippen LogP contribution < -0.4 is 11.1 Å². The zero-order valence-corrected chi connectivity index (χ0v) is 10.2. The van der Waals surface area contributed by atoms with Crippen molar-refractivity contribution in [3.8, 4) is 0 Å². The van der Waals surface area contributed by atoms with Crippen molar-refractivity contribution < 1.29 is 5.11 Å². The smallest absolute Gasteiger partial charge is 0.132 e. The van der Waals surface area contributed by atoms with Crippen LogP contribution in [0.5, 0.6) is 0 Å². The zero-order chi connectivity index (χ0) is 12.3. The van der Waals surface area contributed by atoms with Crippen LogP contribution >= 0.6 is 0 Å². The summed E-state index contributed by atoms with van der Waals surface area (Å²) in [6, 6.07) is 2.15. The Hall–Kier alpha value is -1.36. The molecule has 0 aliphatic heterocycles. The van der Waals surface area contributed by atoms with Gasteiger partial charge in [0.1, 0.15) is 17.5 Å². The first-order valence-electron chi connectivity index (χ1n) is 6.25. The summed E-state index contributed by atoms with van der Waals surface area (Å²) >= 11 is 0. The molecule has 0 unspecified atom stereocenters. The second-order valence-corrected chi connectivity index (χ2v) is 4.60. The highest BCUT2D eigenvalue weighted by Gasteiger charge is 2.19. The predicted molar refractivity (Wildman–Crippen MR) is 67.7 cm³/mol. The number of rotatable bonds is 3. The predicted octanol–water partition coefficient (Wildman–Crippen LogP) is 1.34. The van der Waals surface area contributed by atoms with E-state index < -0.39 is 0 Å². The molecule has 1 aromatic rings. The molecule has 0 bridgehead atoms. The lowest BCUT2D eigenvalue weighted by Gasteiger charge is -2.26. The van der Waals surface area contributed by atoms with Crippen molar-refractivity contribution in [1.29, 1.82) is 0 Å². The van der Waals surface area contributed by atoms with Crippen LogP contribution in [0.15, 0.2) is 6.07 Å². The summed E-state index contributed by atoms with van der Waals surface area (Å²) in [4.78, 5) is 8.54. The highest BCUT2D eigenvalue weighted by atomic mass is 16.3. The zero-order valence-electron chi connectivity index (χ0n) is 10.2. The van der Waals surface area contributed by atoms with Gasteiger partial charge in [0, 0.05) is 18.5 Å². The lowest BCUT2D eigenvalue weighted by atomic mass is 9.93. The highest BCUT2D eigenvalue weighted by Crippen LogP contribution is 2.22. The number of aryl methyl sites for hydroxylation is 1. The summed E-state index contributed by atoms with van der Waals surface area (Å²) in [6.07, 6.45) is 4.33. The monoisotopic (exact) mass is 236 g/mol. The molecule has 2 rings (SSSR count). The number of nitrogens with one attached hydrogen (secondary N) is 1. The topological polar surface area (TPSA) is 84.1 Å². The summed E-state index contributed by atoms with van der Waals surface area (Å²) in [7, 11) is 0. The maximum atomic E-state index is 9.45. The van der Waals surface area contributed by atoms with Crippen molar-refractivity contribution >= 4 is 11.6 Å². The minimum absolute atomic E-state index is 0.130. The van der Waals surface area contributed by atoms with Crippen LogP contribution in [0.25, 0.3) is 0 Å². The number of aromatic nitrogens is 2. The van der Waals surface area contributed by atoms with Crippen LogP contribution in [0.1, 0.15) is 38.4 Å². The quantitative estimate of drug-likeness (QED) is 0.737. The van der Waals surface area contributed by atoms with Crippen molar-refractivity contribution in [3.63, 3.8) is 0 Å². The first kappa shape index (κ1) is 12.1. The van der Waals surface area contributed by atoms with Gasteiger partial charge in [-0.1, -0.05) is 6.92 Å². The van der Waals surface area contributed by atoms with E-state index in [9.17, 15) is 5.11 Å². The van der Waals surface area contributed by atoms with Crippen LogP contribution in [-0.2, 0) is 6.42 Å². The molecule has 1 saturated carbocycles. The molecule has 0 radical (unpaired) electrons. The second kappa shape index (κ2) is 5.31. The van der Waals surface area contributed by atoms with E-state index in [0.717, 1.165) is 43.7 Å². The molecule has 94 valence electrons. The summed E-state index contributed by atoms with van der Waals surface area (Å²) < 4.78 is 0. The molecule has 4 N–H and O–H groups in total. The third-order valence-electron chi connectivity index (χ3n) is 3.16. The van der Waals surface area contributed by atoms with Crippen molar-refractivity contribution in [2.45, 2.75) is 51.2 Å². The van der Waals surface area contributed by atoms with Gasteiger partial charge in [-0.3, -0.25) is 0 Å². The summed E-state index contributed by atoms with van der Waals surface area (Å²) in [5, 5.41) is 12.8. The van der Waals surface area contributed by atoms with Crippen molar-refractivity contribution in [3.05, 3.63) is 11.9 Å². The average molecular weight is 236 g/mol. The van der Waals surface area contributed by atoms with Crippen molar-refractivity contribution in [1.82, 2.24) is 9.97 Å². The molecule has 5 nitrogen and oxygen atoms in total. The van der Waals surface area contributed by atoms with E-state index in [0.29, 0.717) is 11.9 Å². The van der Waals surface area contributed by atoms with E-state index in [4.69, 9.17) is 5.73 Å². The molecule has 1 aliphatic rings. The van der Waals surface area contributed by atoms with Crippen LogP contribution in [0.2, 0.25) is 0 Å². The average Bonchev–Trinajstić information content (AvgIpc) is 2.31. The molecule has 17 heavy (non-hydrogen) atoms. The molecule has 0 amide bonds. The van der Waals surface area contributed by atoms with Gasteiger partial charge in [-0.05, 0) is 25.7 Å². The Balaban J connectivity index is 2.00. The standard InChI is InChI=1S/C12H20N4O/c1-2-11-15-10(13)7-12(16-11)14-8-3-5-9(17)6-4-8/h7-9,17H,2-6H2,1H3,(H3,13,14,15,16). The highest BCUT2D eigenvalue weighted by molar-refractivity contribution is 5.45.